The summed E-state index contributed by atoms with van der Waals surface area (Å²) in [6.45, 7) is 6.47. The molecule has 1 aromatic rings. The van der Waals surface area contributed by atoms with Crippen LogP contribution in [0.15, 0.2) is 22.5 Å². The number of ether oxygens (including phenoxy) is 2. The van der Waals surface area contributed by atoms with Gasteiger partial charge in [0.2, 0.25) is 0 Å². The van der Waals surface area contributed by atoms with Crippen LogP contribution in [0.25, 0.3) is 0 Å². The normalized spacial score (nSPS) is 23.7. The lowest BCUT2D eigenvalue weighted by Gasteiger charge is -2.39. The van der Waals surface area contributed by atoms with Gasteiger partial charge in [0.15, 0.2) is 5.96 Å². The van der Waals surface area contributed by atoms with Gasteiger partial charge in [-0.1, -0.05) is 6.07 Å². The first-order valence-electron chi connectivity index (χ1n) is 11.1. The molecule has 3 rings (SSSR count). The lowest BCUT2D eigenvalue weighted by atomic mass is 9.88. The van der Waals surface area contributed by atoms with Crippen LogP contribution >= 0.6 is 35.3 Å². The third kappa shape index (κ3) is 8.26. The van der Waals surface area contributed by atoms with E-state index in [4.69, 9.17) is 9.47 Å². The van der Waals surface area contributed by atoms with Crippen molar-refractivity contribution < 1.29 is 9.47 Å². The molecule has 0 bridgehead atoms. The van der Waals surface area contributed by atoms with Crippen LogP contribution in [0.1, 0.15) is 43.0 Å². The summed E-state index contributed by atoms with van der Waals surface area (Å²) in [6, 6.07) is 4.95. The van der Waals surface area contributed by atoms with E-state index in [9.17, 15) is 0 Å². The van der Waals surface area contributed by atoms with Crippen molar-refractivity contribution in [3.05, 3.63) is 22.4 Å². The van der Waals surface area contributed by atoms with Gasteiger partial charge in [-0.15, -0.1) is 35.3 Å². The van der Waals surface area contributed by atoms with Crippen molar-refractivity contribution in [2.45, 2.75) is 38.1 Å². The molecule has 2 saturated heterocycles. The zero-order valence-corrected chi connectivity index (χ0v) is 21.6. The van der Waals surface area contributed by atoms with E-state index in [1.165, 1.54) is 24.3 Å². The van der Waals surface area contributed by atoms with E-state index in [-0.39, 0.29) is 24.0 Å². The molecule has 2 aliphatic rings. The number of guanidine groups is 1. The number of likely N-dealkylation sites (tertiary alicyclic amines) is 1. The number of hydrogen-bond donors (Lipinski definition) is 2. The van der Waals surface area contributed by atoms with Gasteiger partial charge in [-0.25, -0.2) is 0 Å². The molecule has 0 aliphatic carbocycles. The Morgan fingerprint density at radius 2 is 2.13 bits per heavy atom. The van der Waals surface area contributed by atoms with Crippen molar-refractivity contribution in [1.82, 2.24) is 15.5 Å². The number of nitrogens with zero attached hydrogens (tertiary/aromatic N) is 2. The average molecular weight is 551 g/mol. The van der Waals surface area contributed by atoms with Crippen LogP contribution in [0.5, 0.6) is 0 Å². The van der Waals surface area contributed by atoms with Gasteiger partial charge in [0.1, 0.15) is 0 Å². The van der Waals surface area contributed by atoms with Gasteiger partial charge < -0.3 is 20.1 Å². The minimum atomic E-state index is 0. The Labute approximate surface area is 203 Å². The Kier molecular flexibility index (Phi) is 12.6. The molecular weight excluding hydrogens is 511 g/mol. The Morgan fingerprint density at radius 3 is 2.87 bits per heavy atom. The fraction of sp³-hybridized carbons (Fsp3) is 0.773. The number of halogens is 1. The zero-order chi connectivity index (χ0) is 20.3. The molecule has 30 heavy (non-hydrogen) atoms. The maximum Gasteiger partial charge on any atom is 0.190 e. The zero-order valence-electron chi connectivity index (χ0n) is 18.5. The maximum absolute atomic E-state index is 5.85. The second-order valence-corrected chi connectivity index (χ2v) is 9.19. The molecule has 0 aromatic carbocycles. The minimum absolute atomic E-state index is 0. The lowest BCUT2D eigenvalue weighted by Crippen LogP contribution is -2.45. The summed E-state index contributed by atoms with van der Waals surface area (Å²) < 4.78 is 11.2. The van der Waals surface area contributed by atoms with Crippen LogP contribution in [-0.4, -0.2) is 71.0 Å². The second-order valence-electron chi connectivity index (χ2n) is 8.21. The van der Waals surface area contributed by atoms with Crippen LogP contribution in [0, 0.1) is 11.8 Å². The van der Waals surface area contributed by atoms with Crippen LogP contribution in [-0.2, 0) is 9.47 Å². The van der Waals surface area contributed by atoms with Gasteiger partial charge in [-0.3, -0.25) is 9.89 Å². The van der Waals surface area contributed by atoms with Gasteiger partial charge in [0, 0.05) is 57.5 Å². The highest BCUT2D eigenvalue weighted by atomic mass is 127. The molecule has 172 valence electrons. The Balaban J connectivity index is 0.00000320. The topological polar surface area (TPSA) is 58.1 Å². The van der Waals surface area contributed by atoms with Gasteiger partial charge in [0.05, 0.1) is 0 Å². The molecule has 2 unspecified atom stereocenters. The average Bonchev–Trinajstić information content (AvgIpc) is 3.28. The van der Waals surface area contributed by atoms with Crippen molar-refractivity contribution in [2.24, 2.45) is 16.8 Å². The SMILES string of the molecule is CN=C(NCCCOCC1CCOCC1)NCC1CCCN(C)C1c1cccs1.I. The molecule has 2 atom stereocenters. The molecule has 0 spiro atoms. The number of hydrogen-bond acceptors (Lipinski definition) is 5. The van der Waals surface area contributed by atoms with E-state index in [0.29, 0.717) is 17.9 Å². The first kappa shape index (κ1) is 25.8. The molecule has 0 saturated carbocycles. The largest absolute Gasteiger partial charge is 0.381 e. The summed E-state index contributed by atoms with van der Waals surface area (Å²) >= 11 is 1.87. The Bertz CT molecular complexity index is 596. The minimum Gasteiger partial charge on any atom is -0.381 e. The third-order valence-electron chi connectivity index (χ3n) is 6.05. The van der Waals surface area contributed by atoms with Gasteiger partial charge >= 0.3 is 0 Å². The molecule has 0 amide bonds. The van der Waals surface area contributed by atoms with Crippen molar-refractivity contribution in [2.75, 3.05) is 60.2 Å². The standard InChI is InChI=1S/C22H38N4O2S.HI/c1-23-22(24-10-5-12-28-17-18-8-13-27-14-9-18)25-16-19-6-3-11-26(2)21(19)20-7-4-15-29-20;/h4,7,15,18-19,21H,3,5-6,8-14,16-17H2,1-2H3,(H2,23,24,25);1H. The summed E-state index contributed by atoms with van der Waals surface area (Å²) in [4.78, 5) is 8.38. The van der Waals surface area contributed by atoms with E-state index in [1.54, 1.807) is 0 Å². The monoisotopic (exact) mass is 550 g/mol. The molecule has 6 nitrogen and oxygen atoms in total. The number of rotatable bonds is 9. The summed E-state index contributed by atoms with van der Waals surface area (Å²) in [5, 5.41) is 9.18. The van der Waals surface area contributed by atoms with Gasteiger partial charge in [0.25, 0.3) is 0 Å². The molecule has 2 fully saturated rings. The molecular formula is C22H39IN4O2S. The second kappa shape index (κ2) is 14.6. The highest BCUT2D eigenvalue weighted by molar-refractivity contribution is 14.0. The predicted octanol–water partition coefficient (Wildman–Crippen LogP) is 3.75. The maximum atomic E-state index is 5.85. The van der Waals surface area contributed by atoms with Crippen LogP contribution < -0.4 is 10.6 Å². The third-order valence-corrected chi connectivity index (χ3v) is 6.99. The lowest BCUT2D eigenvalue weighted by molar-refractivity contribution is 0.0203. The molecule has 3 heterocycles. The molecule has 1 aromatic heterocycles. The van der Waals surface area contributed by atoms with Crippen molar-refractivity contribution in [1.29, 1.82) is 0 Å². The van der Waals surface area contributed by atoms with Crippen LogP contribution in [0.4, 0.5) is 0 Å². The smallest absolute Gasteiger partial charge is 0.190 e. The Morgan fingerprint density at radius 1 is 1.30 bits per heavy atom. The van der Waals surface area contributed by atoms with Crippen LogP contribution in [0.3, 0.4) is 0 Å². The fourth-order valence-corrected chi connectivity index (χ4v) is 5.36. The molecule has 2 N–H and O–H groups in total. The van der Waals surface area contributed by atoms with Crippen LogP contribution in [0.2, 0.25) is 0 Å². The first-order valence-corrected chi connectivity index (χ1v) is 12.0. The number of nitrogens with one attached hydrogen (secondary N) is 2. The molecule has 8 heteroatoms. The van der Waals surface area contributed by atoms with E-state index < -0.39 is 0 Å². The summed E-state index contributed by atoms with van der Waals surface area (Å²) in [7, 11) is 4.10. The first-order chi connectivity index (χ1) is 14.3. The van der Waals surface area contributed by atoms with Gasteiger partial charge in [-0.2, -0.15) is 0 Å². The van der Waals surface area contributed by atoms with Crippen molar-refractivity contribution in [3.8, 4) is 0 Å². The van der Waals surface area contributed by atoms with Gasteiger partial charge in [-0.05, 0) is 69.0 Å². The molecule has 0 radical (unpaired) electrons. The summed E-state index contributed by atoms with van der Waals surface area (Å²) in [5.41, 5.74) is 0. The van der Waals surface area contributed by atoms with Crippen molar-refractivity contribution >= 4 is 41.3 Å². The Hall–Kier alpha value is -0.420. The van der Waals surface area contributed by atoms with E-state index in [0.717, 1.165) is 64.7 Å². The highest BCUT2D eigenvalue weighted by Crippen LogP contribution is 2.36. The van der Waals surface area contributed by atoms with E-state index >= 15 is 0 Å². The highest BCUT2D eigenvalue weighted by Gasteiger charge is 2.31. The number of piperidine rings is 1. The predicted molar refractivity (Wildman–Crippen MR) is 136 cm³/mol. The van der Waals surface area contributed by atoms with E-state index in [1.807, 2.05) is 18.4 Å². The van der Waals surface area contributed by atoms with E-state index in [2.05, 4.69) is 45.1 Å². The number of aliphatic imine (C=N–C) groups is 1. The number of thiophene rings is 1. The summed E-state index contributed by atoms with van der Waals surface area (Å²) in [6.07, 6.45) is 5.79. The molecule has 2 aliphatic heterocycles. The summed E-state index contributed by atoms with van der Waals surface area (Å²) in [5.74, 6) is 2.18. The fourth-order valence-electron chi connectivity index (χ4n) is 4.37. The quantitative estimate of drug-likeness (QED) is 0.212. The van der Waals surface area contributed by atoms with Crippen molar-refractivity contribution in [3.63, 3.8) is 0 Å².